The molecule has 5 heteroatoms. The van der Waals surface area contributed by atoms with E-state index in [1.165, 1.54) is 6.07 Å². The highest BCUT2D eigenvalue weighted by Gasteiger charge is 2.26. The van der Waals surface area contributed by atoms with Gasteiger partial charge in [0.05, 0.1) is 10.6 Å². The molecule has 2 heterocycles. The first kappa shape index (κ1) is 18.1. The van der Waals surface area contributed by atoms with Gasteiger partial charge in [-0.2, -0.15) is 0 Å². The van der Waals surface area contributed by atoms with Gasteiger partial charge in [0.2, 0.25) is 0 Å². The van der Waals surface area contributed by atoms with Crippen LogP contribution in [0.5, 0.6) is 0 Å². The zero-order valence-electron chi connectivity index (χ0n) is 16.6. The van der Waals surface area contributed by atoms with Gasteiger partial charge in [0, 0.05) is 56.7 Å². The van der Waals surface area contributed by atoms with E-state index in [4.69, 9.17) is 4.99 Å². The SMILES string of the molecule is CC1=Nc2ccccc2/C1=C(/c1cccc([N+](=O)[O-])c1)c1c(C)[nH]c2ccccc12. The van der Waals surface area contributed by atoms with Crippen LogP contribution in [0.3, 0.4) is 0 Å². The maximum Gasteiger partial charge on any atom is 0.270 e. The molecule has 0 amide bonds. The molecule has 4 aromatic rings. The molecule has 0 unspecified atom stereocenters. The fraction of sp³-hybridized carbons (Fsp3) is 0.0800. The van der Waals surface area contributed by atoms with Crippen LogP contribution >= 0.6 is 0 Å². The van der Waals surface area contributed by atoms with Crippen LogP contribution in [0, 0.1) is 17.0 Å². The van der Waals surface area contributed by atoms with Crippen molar-refractivity contribution in [2.75, 3.05) is 0 Å². The molecular formula is C25H19N3O2. The lowest BCUT2D eigenvalue weighted by atomic mass is 9.86. The molecule has 30 heavy (non-hydrogen) atoms. The summed E-state index contributed by atoms with van der Waals surface area (Å²) in [6.45, 7) is 4.04. The first-order chi connectivity index (χ1) is 14.5. The number of nitro groups is 1. The molecule has 0 radical (unpaired) electrons. The molecule has 0 aliphatic carbocycles. The maximum atomic E-state index is 11.5. The molecule has 1 aromatic heterocycles. The molecule has 5 rings (SSSR count). The average Bonchev–Trinajstić information content (AvgIpc) is 3.25. The van der Waals surface area contributed by atoms with Crippen LogP contribution in [-0.4, -0.2) is 15.6 Å². The largest absolute Gasteiger partial charge is 0.358 e. The molecule has 1 N–H and O–H groups in total. The summed E-state index contributed by atoms with van der Waals surface area (Å²) in [5.74, 6) is 0. The van der Waals surface area contributed by atoms with Crippen LogP contribution in [-0.2, 0) is 0 Å². The van der Waals surface area contributed by atoms with Gasteiger partial charge in [-0.3, -0.25) is 15.1 Å². The lowest BCUT2D eigenvalue weighted by Crippen LogP contribution is -2.01. The van der Waals surface area contributed by atoms with Gasteiger partial charge in [-0.15, -0.1) is 0 Å². The van der Waals surface area contributed by atoms with Crippen molar-refractivity contribution in [2.24, 2.45) is 4.99 Å². The Morgan fingerprint density at radius 3 is 2.57 bits per heavy atom. The first-order valence-electron chi connectivity index (χ1n) is 9.76. The van der Waals surface area contributed by atoms with Crippen LogP contribution in [0.15, 0.2) is 77.8 Å². The Morgan fingerprint density at radius 2 is 1.73 bits per heavy atom. The molecule has 0 spiro atoms. The average molecular weight is 393 g/mol. The molecule has 1 aliphatic rings. The Bertz CT molecular complexity index is 1390. The van der Waals surface area contributed by atoms with Gasteiger partial charge < -0.3 is 4.98 Å². The molecule has 0 saturated carbocycles. The summed E-state index contributed by atoms with van der Waals surface area (Å²) in [5, 5.41) is 12.6. The van der Waals surface area contributed by atoms with Gasteiger partial charge in [0.15, 0.2) is 0 Å². The number of benzene rings is 3. The van der Waals surface area contributed by atoms with Crippen LogP contribution in [0.4, 0.5) is 11.4 Å². The van der Waals surface area contributed by atoms with Crippen molar-refractivity contribution in [3.05, 3.63) is 105 Å². The second-order valence-electron chi connectivity index (χ2n) is 7.44. The number of aromatic amines is 1. The van der Waals surface area contributed by atoms with E-state index in [1.807, 2.05) is 56.3 Å². The van der Waals surface area contributed by atoms with Crippen molar-refractivity contribution in [1.29, 1.82) is 0 Å². The van der Waals surface area contributed by atoms with E-state index in [0.717, 1.165) is 55.8 Å². The highest BCUT2D eigenvalue weighted by atomic mass is 16.6. The Kier molecular flexibility index (Phi) is 4.10. The fourth-order valence-electron chi connectivity index (χ4n) is 4.32. The van der Waals surface area contributed by atoms with Gasteiger partial charge in [0.25, 0.3) is 5.69 Å². The number of hydrogen-bond acceptors (Lipinski definition) is 3. The normalized spacial score (nSPS) is 14.5. The Labute approximate surface area is 173 Å². The summed E-state index contributed by atoms with van der Waals surface area (Å²) < 4.78 is 0. The summed E-state index contributed by atoms with van der Waals surface area (Å²) in [6, 6.07) is 23.0. The van der Waals surface area contributed by atoms with E-state index in [1.54, 1.807) is 12.1 Å². The minimum Gasteiger partial charge on any atom is -0.358 e. The highest BCUT2D eigenvalue weighted by Crippen LogP contribution is 2.44. The van der Waals surface area contributed by atoms with Gasteiger partial charge in [-0.25, -0.2) is 0 Å². The minimum atomic E-state index is -0.350. The number of aliphatic imine (C=N–C) groups is 1. The first-order valence-corrected chi connectivity index (χ1v) is 9.76. The molecule has 0 atom stereocenters. The van der Waals surface area contributed by atoms with Crippen molar-refractivity contribution in [3.63, 3.8) is 0 Å². The van der Waals surface area contributed by atoms with Crippen molar-refractivity contribution >= 4 is 39.1 Å². The van der Waals surface area contributed by atoms with Crippen molar-refractivity contribution in [1.82, 2.24) is 4.98 Å². The van der Waals surface area contributed by atoms with Crippen LogP contribution < -0.4 is 0 Å². The lowest BCUT2D eigenvalue weighted by molar-refractivity contribution is -0.384. The molecule has 0 saturated heterocycles. The summed E-state index contributed by atoms with van der Waals surface area (Å²) in [4.78, 5) is 19.4. The van der Waals surface area contributed by atoms with Crippen LogP contribution in [0.1, 0.15) is 29.3 Å². The zero-order chi connectivity index (χ0) is 20.8. The summed E-state index contributed by atoms with van der Waals surface area (Å²) in [7, 11) is 0. The third-order valence-electron chi connectivity index (χ3n) is 5.56. The topological polar surface area (TPSA) is 71.3 Å². The molecule has 146 valence electrons. The number of aryl methyl sites for hydroxylation is 1. The van der Waals surface area contributed by atoms with Crippen molar-refractivity contribution in [3.8, 4) is 0 Å². The summed E-state index contributed by atoms with van der Waals surface area (Å²) in [6.07, 6.45) is 0. The minimum absolute atomic E-state index is 0.0731. The monoisotopic (exact) mass is 393 g/mol. The number of hydrogen-bond donors (Lipinski definition) is 1. The molecule has 0 bridgehead atoms. The van der Waals surface area contributed by atoms with Gasteiger partial charge in [-0.1, -0.05) is 48.5 Å². The summed E-state index contributed by atoms with van der Waals surface area (Å²) >= 11 is 0. The zero-order valence-corrected chi connectivity index (χ0v) is 16.6. The van der Waals surface area contributed by atoms with E-state index in [-0.39, 0.29) is 10.6 Å². The van der Waals surface area contributed by atoms with Gasteiger partial charge in [-0.05, 0) is 31.5 Å². The molecule has 5 nitrogen and oxygen atoms in total. The van der Waals surface area contributed by atoms with Crippen molar-refractivity contribution in [2.45, 2.75) is 13.8 Å². The number of para-hydroxylation sites is 2. The molecule has 0 fully saturated rings. The Morgan fingerprint density at radius 1 is 0.967 bits per heavy atom. The Balaban J connectivity index is 1.92. The van der Waals surface area contributed by atoms with Crippen LogP contribution in [0.25, 0.3) is 22.0 Å². The third-order valence-corrected chi connectivity index (χ3v) is 5.56. The number of nitrogens with zero attached hydrogens (tertiary/aromatic N) is 2. The quantitative estimate of drug-likeness (QED) is 0.321. The van der Waals surface area contributed by atoms with E-state index >= 15 is 0 Å². The number of nitrogens with one attached hydrogen (secondary N) is 1. The van der Waals surface area contributed by atoms with E-state index in [9.17, 15) is 10.1 Å². The molecule has 1 aliphatic heterocycles. The van der Waals surface area contributed by atoms with E-state index < -0.39 is 0 Å². The summed E-state index contributed by atoms with van der Waals surface area (Å²) in [5.41, 5.74) is 8.82. The predicted molar refractivity (Wildman–Crippen MR) is 121 cm³/mol. The van der Waals surface area contributed by atoms with E-state index in [2.05, 4.69) is 17.1 Å². The van der Waals surface area contributed by atoms with Crippen molar-refractivity contribution < 1.29 is 4.92 Å². The maximum absolute atomic E-state index is 11.5. The predicted octanol–water partition coefficient (Wildman–Crippen LogP) is 6.45. The third kappa shape index (κ3) is 2.75. The second kappa shape index (κ2) is 6.81. The fourth-order valence-corrected chi connectivity index (χ4v) is 4.32. The molecule has 3 aromatic carbocycles. The number of allylic oxidation sites excluding steroid dienone is 1. The standard InChI is InChI=1S/C25H19N3O2/c1-15-23(19-10-3-5-12-21(19)26-15)25(17-8-7-9-18(14-17)28(29)30)24-16(2)27-22-13-6-4-11-20(22)24/h3-14,26H,1-2H3/b25-24-. The second-order valence-corrected chi connectivity index (χ2v) is 7.44. The van der Waals surface area contributed by atoms with Gasteiger partial charge in [0.1, 0.15) is 0 Å². The molecular weight excluding hydrogens is 374 g/mol. The van der Waals surface area contributed by atoms with Crippen LogP contribution in [0.2, 0.25) is 0 Å². The number of fused-ring (bicyclic) bond motifs is 2. The number of nitro benzene ring substituents is 1. The number of H-pyrrole nitrogens is 1. The van der Waals surface area contributed by atoms with E-state index in [0.29, 0.717) is 0 Å². The lowest BCUT2D eigenvalue weighted by Gasteiger charge is -2.15. The smallest absolute Gasteiger partial charge is 0.270 e. The van der Waals surface area contributed by atoms with Gasteiger partial charge >= 0.3 is 0 Å². The highest BCUT2D eigenvalue weighted by molar-refractivity contribution is 6.36. The number of rotatable bonds is 3. The number of aromatic nitrogens is 1. The number of non-ortho nitro benzene ring substituents is 1. The Hall–Kier alpha value is -3.99.